The second-order valence-electron chi connectivity index (χ2n) is 3.98. The lowest BCUT2D eigenvalue weighted by atomic mass is 10.3. The summed E-state index contributed by atoms with van der Waals surface area (Å²) >= 11 is 0. The summed E-state index contributed by atoms with van der Waals surface area (Å²) in [4.78, 5) is 10.6. The lowest BCUT2D eigenvalue weighted by molar-refractivity contribution is -0.117. The van der Waals surface area contributed by atoms with Crippen molar-refractivity contribution in [2.45, 2.75) is 13.0 Å². The van der Waals surface area contributed by atoms with Gasteiger partial charge in [0, 0.05) is 25.7 Å². The first-order valence-corrected chi connectivity index (χ1v) is 5.85. The lowest BCUT2D eigenvalue weighted by Gasteiger charge is -2.01. The van der Waals surface area contributed by atoms with Crippen molar-refractivity contribution < 1.29 is 4.79 Å². The van der Waals surface area contributed by atoms with Crippen LogP contribution in [0.5, 0.6) is 0 Å². The number of hydrogen-bond acceptors (Lipinski definition) is 3. The van der Waals surface area contributed by atoms with E-state index in [4.69, 9.17) is 5.73 Å². The molecule has 1 aromatic heterocycles. The second-order valence-corrected chi connectivity index (χ2v) is 3.98. The molecule has 3 N–H and O–H groups in total. The highest BCUT2D eigenvalue weighted by atomic mass is 16.1. The fourth-order valence-corrected chi connectivity index (χ4v) is 1.61. The lowest BCUT2D eigenvalue weighted by Crippen LogP contribution is -2.21. The van der Waals surface area contributed by atoms with Gasteiger partial charge in [0.05, 0.1) is 11.4 Å². The topological polar surface area (TPSA) is 72.9 Å². The zero-order valence-corrected chi connectivity index (χ0v) is 10.0. The third-order valence-corrected chi connectivity index (χ3v) is 2.52. The second kappa shape index (κ2) is 5.97. The standard InChI is InChI=1S/C13H16N4O/c14-13(18)6-8-15-10-11-7-9-17(16-11)12-4-2-1-3-5-12/h1-5,7,9,15H,6,8,10H2,(H2,14,18). The number of hydrogen-bond donors (Lipinski definition) is 2. The maximum atomic E-state index is 10.6. The van der Waals surface area contributed by atoms with Crippen LogP contribution in [0.15, 0.2) is 42.6 Å². The number of nitrogens with two attached hydrogens (primary N) is 1. The van der Waals surface area contributed by atoms with Crippen molar-refractivity contribution in [3.05, 3.63) is 48.3 Å². The van der Waals surface area contributed by atoms with Crippen molar-refractivity contribution >= 4 is 5.91 Å². The van der Waals surface area contributed by atoms with E-state index >= 15 is 0 Å². The Bertz CT molecular complexity index is 507. The molecule has 2 aromatic rings. The number of nitrogens with zero attached hydrogens (tertiary/aromatic N) is 2. The monoisotopic (exact) mass is 244 g/mol. The molecule has 1 heterocycles. The Morgan fingerprint density at radius 3 is 2.78 bits per heavy atom. The molecule has 18 heavy (non-hydrogen) atoms. The third-order valence-electron chi connectivity index (χ3n) is 2.52. The van der Waals surface area contributed by atoms with Gasteiger partial charge < -0.3 is 11.1 Å². The zero-order chi connectivity index (χ0) is 12.8. The van der Waals surface area contributed by atoms with Crippen LogP contribution in [0.1, 0.15) is 12.1 Å². The SMILES string of the molecule is NC(=O)CCNCc1ccn(-c2ccccc2)n1. The van der Waals surface area contributed by atoms with Crippen molar-refractivity contribution in [3.8, 4) is 5.69 Å². The first-order valence-electron chi connectivity index (χ1n) is 5.85. The smallest absolute Gasteiger partial charge is 0.218 e. The molecule has 5 heteroatoms. The first kappa shape index (κ1) is 12.3. The van der Waals surface area contributed by atoms with Gasteiger partial charge in [-0.2, -0.15) is 5.10 Å². The van der Waals surface area contributed by atoms with Gasteiger partial charge in [0.2, 0.25) is 5.91 Å². The van der Waals surface area contributed by atoms with Crippen LogP contribution in [-0.4, -0.2) is 22.2 Å². The minimum absolute atomic E-state index is 0.294. The average Bonchev–Trinajstić information content (AvgIpc) is 2.84. The normalized spacial score (nSPS) is 10.4. The minimum Gasteiger partial charge on any atom is -0.370 e. The number of rotatable bonds is 6. The zero-order valence-electron chi connectivity index (χ0n) is 10.0. The number of para-hydroxylation sites is 1. The third kappa shape index (κ3) is 3.43. The van der Waals surface area contributed by atoms with Gasteiger partial charge in [0.1, 0.15) is 0 Å². The summed E-state index contributed by atoms with van der Waals surface area (Å²) < 4.78 is 1.82. The Morgan fingerprint density at radius 2 is 2.06 bits per heavy atom. The molecule has 0 radical (unpaired) electrons. The molecule has 94 valence electrons. The molecule has 0 atom stereocenters. The molecule has 0 aliphatic carbocycles. The molecule has 1 amide bonds. The molecule has 0 bridgehead atoms. The summed E-state index contributed by atoms with van der Waals surface area (Å²) in [7, 11) is 0. The molecule has 0 spiro atoms. The van der Waals surface area contributed by atoms with E-state index in [2.05, 4.69) is 10.4 Å². The van der Waals surface area contributed by atoms with Gasteiger partial charge in [-0.15, -0.1) is 0 Å². The number of primary amides is 1. The van der Waals surface area contributed by atoms with Gasteiger partial charge in [-0.25, -0.2) is 4.68 Å². The Morgan fingerprint density at radius 1 is 1.28 bits per heavy atom. The van der Waals surface area contributed by atoms with Crippen molar-refractivity contribution in [1.82, 2.24) is 15.1 Å². The number of benzene rings is 1. The van der Waals surface area contributed by atoms with E-state index in [9.17, 15) is 4.79 Å². The van der Waals surface area contributed by atoms with Crippen LogP contribution in [0.4, 0.5) is 0 Å². The molecule has 2 rings (SSSR count). The van der Waals surface area contributed by atoms with Gasteiger partial charge in [-0.05, 0) is 18.2 Å². The Balaban J connectivity index is 1.89. The van der Waals surface area contributed by atoms with Gasteiger partial charge >= 0.3 is 0 Å². The fourth-order valence-electron chi connectivity index (χ4n) is 1.61. The molecule has 0 unspecified atom stereocenters. The van der Waals surface area contributed by atoms with E-state index < -0.39 is 0 Å². The number of amides is 1. The van der Waals surface area contributed by atoms with Crippen LogP contribution in [0.25, 0.3) is 5.69 Å². The van der Waals surface area contributed by atoms with Gasteiger partial charge in [0.25, 0.3) is 0 Å². The summed E-state index contributed by atoms with van der Waals surface area (Å²) in [6, 6.07) is 11.9. The molecule has 0 saturated heterocycles. The maximum absolute atomic E-state index is 10.6. The number of nitrogens with one attached hydrogen (secondary N) is 1. The van der Waals surface area contributed by atoms with Crippen molar-refractivity contribution in [2.75, 3.05) is 6.54 Å². The Labute approximate surface area is 106 Å². The van der Waals surface area contributed by atoms with E-state index in [1.165, 1.54) is 0 Å². The minimum atomic E-state index is -0.294. The molecule has 0 aliphatic rings. The molecule has 0 aliphatic heterocycles. The van der Waals surface area contributed by atoms with Crippen molar-refractivity contribution in [2.24, 2.45) is 5.73 Å². The predicted octanol–water partition coefficient (Wildman–Crippen LogP) is 0.837. The average molecular weight is 244 g/mol. The molecular formula is C13H16N4O. The molecule has 5 nitrogen and oxygen atoms in total. The summed E-state index contributed by atoms with van der Waals surface area (Å²) in [5, 5.41) is 7.56. The number of aromatic nitrogens is 2. The van der Waals surface area contributed by atoms with Gasteiger partial charge in [-0.1, -0.05) is 18.2 Å². The van der Waals surface area contributed by atoms with Gasteiger partial charge in [0.15, 0.2) is 0 Å². The van der Waals surface area contributed by atoms with E-state index in [1.54, 1.807) is 0 Å². The predicted molar refractivity (Wildman–Crippen MR) is 69.1 cm³/mol. The van der Waals surface area contributed by atoms with Crippen LogP contribution in [0.2, 0.25) is 0 Å². The van der Waals surface area contributed by atoms with E-state index in [1.807, 2.05) is 47.3 Å². The molecule has 1 aromatic carbocycles. The Kier molecular flexibility index (Phi) is 4.09. The van der Waals surface area contributed by atoms with Crippen LogP contribution in [0, 0.1) is 0 Å². The van der Waals surface area contributed by atoms with Crippen LogP contribution < -0.4 is 11.1 Å². The molecule has 0 saturated carbocycles. The van der Waals surface area contributed by atoms with Crippen LogP contribution in [0.3, 0.4) is 0 Å². The highest BCUT2D eigenvalue weighted by molar-refractivity contribution is 5.73. The first-order chi connectivity index (χ1) is 8.75. The highest BCUT2D eigenvalue weighted by Gasteiger charge is 2.00. The number of carbonyl (C=O) groups excluding carboxylic acids is 1. The van der Waals surface area contributed by atoms with Crippen molar-refractivity contribution in [1.29, 1.82) is 0 Å². The Hall–Kier alpha value is -2.14. The largest absolute Gasteiger partial charge is 0.370 e. The molecule has 0 fully saturated rings. The highest BCUT2D eigenvalue weighted by Crippen LogP contribution is 2.06. The fraction of sp³-hybridized carbons (Fsp3) is 0.231. The van der Waals surface area contributed by atoms with E-state index in [0.717, 1.165) is 11.4 Å². The quantitative estimate of drug-likeness (QED) is 0.739. The van der Waals surface area contributed by atoms with Crippen LogP contribution in [-0.2, 0) is 11.3 Å². The summed E-state index contributed by atoms with van der Waals surface area (Å²) in [5.41, 5.74) is 7.02. The van der Waals surface area contributed by atoms with Crippen molar-refractivity contribution in [3.63, 3.8) is 0 Å². The van der Waals surface area contributed by atoms with Gasteiger partial charge in [-0.3, -0.25) is 4.79 Å². The van der Waals surface area contributed by atoms with E-state index in [-0.39, 0.29) is 5.91 Å². The summed E-state index contributed by atoms with van der Waals surface area (Å²) in [6.07, 6.45) is 2.26. The maximum Gasteiger partial charge on any atom is 0.218 e. The molecular weight excluding hydrogens is 228 g/mol. The van der Waals surface area contributed by atoms with E-state index in [0.29, 0.717) is 19.5 Å². The summed E-state index contributed by atoms with van der Waals surface area (Å²) in [6.45, 7) is 1.21. The number of carbonyl (C=O) groups is 1. The summed E-state index contributed by atoms with van der Waals surface area (Å²) in [5.74, 6) is -0.294. The van der Waals surface area contributed by atoms with Crippen LogP contribution >= 0.6 is 0 Å².